The summed E-state index contributed by atoms with van der Waals surface area (Å²) >= 11 is 4.70. The molecule has 0 spiro atoms. The Morgan fingerprint density at radius 2 is 1.74 bits per heavy atom. The molecule has 1 saturated heterocycles. The van der Waals surface area contributed by atoms with E-state index in [1.807, 2.05) is 0 Å². The summed E-state index contributed by atoms with van der Waals surface area (Å²) in [6, 6.07) is 6.88. The summed E-state index contributed by atoms with van der Waals surface area (Å²) in [7, 11) is 0. The number of thiocarbonyl (C=S) groups is 1. The number of allylic oxidation sites excluding steroid dienone is 2. The molecule has 1 fully saturated rings. The number of hydrogen-bond donors (Lipinski definition) is 2. The molecule has 1 aromatic heterocycles. The Hall–Kier alpha value is -3.06. The zero-order chi connectivity index (χ0) is 16.4. The van der Waals surface area contributed by atoms with Crippen molar-refractivity contribution in [2.24, 2.45) is 0 Å². The van der Waals surface area contributed by atoms with E-state index in [4.69, 9.17) is 16.6 Å². The molecule has 0 unspecified atom stereocenters. The van der Waals surface area contributed by atoms with Crippen LogP contribution in [-0.2, 0) is 9.59 Å². The molecule has 7 heteroatoms. The van der Waals surface area contributed by atoms with Crippen molar-refractivity contribution >= 4 is 46.2 Å². The van der Waals surface area contributed by atoms with Crippen LogP contribution in [0.3, 0.4) is 0 Å². The Balaban J connectivity index is 1.92. The highest BCUT2D eigenvalue weighted by Gasteiger charge is 2.24. The van der Waals surface area contributed by atoms with Gasteiger partial charge in [0.25, 0.3) is 11.8 Å². The molecular weight excluding hydrogens is 316 g/mol. The van der Waals surface area contributed by atoms with Crippen LogP contribution in [0.5, 0.6) is 0 Å². The minimum atomic E-state index is -0.589. The molecule has 0 radical (unpaired) electrons. The Bertz CT molecular complexity index is 934. The summed E-state index contributed by atoms with van der Waals surface area (Å²) < 4.78 is 5.37. The smallest absolute Gasteiger partial charge is 0.263 e. The van der Waals surface area contributed by atoms with E-state index in [0.717, 1.165) is 0 Å². The number of carbonyl (C=O) groups is 2. The van der Waals surface area contributed by atoms with Crippen LogP contribution in [0.25, 0.3) is 17.0 Å². The van der Waals surface area contributed by atoms with Crippen molar-refractivity contribution < 1.29 is 14.0 Å². The van der Waals surface area contributed by atoms with Gasteiger partial charge in [-0.1, -0.05) is 18.2 Å². The van der Waals surface area contributed by atoms with E-state index >= 15 is 0 Å². The topological polar surface area (TPSA) is 88.4 Å². The number of carbonyl (C=O) groups excluding carboxylic acids is 2. The maximum Gasteiger partial charge on any atom is 0.263 e. The predicted molar refractivity (Wildman–Crippen MR) is 88.5 cm³/mol. The molecule has 2 heterocycles. The first-order valence-electron chi connectivity index (χ1n) is 6.62. The van der Waals surface area contributed by atoms with Crippen LogP contribution >= 0.6 is 12.2 Å². The number of amides is 2. The van der Waals surface area contributed by atoms with Crippen LogP contribution in [-0.4, -0.2) is 16.9 Å². The van der Waals surface area contributed by atoms with Gasteiger partial charge in [0.15, 0.2) is 10.5 Å². The molecule has 2 aromatic rings. The first-order chi connectivity index (χ1) is 11.1. The summed E-state index contributed by atoms with van der Waals surface area (Å²) in [5.74, 6) is -1.18. The van der Waals surface area contributed by atoms with Crippen molar-refractivity contribution in [3.05, 3.63) is 64.0 Å². The number of benzene rings is 1. The molecule has 3 rings (SSSR count). The van der Waals surface area contributed by atoms with Crippen LogP contribution in [0.4, 0.5) is 0 Å². The van der Waals surface area contributed by atoms with Gasteiger partial charge in [-0.2, -0.15) is 0 Å². The average Bonchev–Trinajstić information content (AvgIpc) is 2.52. The van der Waals surface area contributed by atoms with Crippen molar-refractivity contribution in [3.63, 3.8) is 0 Å². The van der Waals surface area contributed by atoms with E-state index in [1.54, 1.807) is 24.3 Å². The van der Waals surface area contributed by atoms with E-state index in [0.29, 0.717) is 16.5 Å². The molecule has 23 heavy (non-hydrogen) atoms. The molecule has 0 bridgehead atoms. The van der Waals surface area contributed by atoms with E-state index in [9.17, 15) is 14.4 Å². The lowest BCUT2D eigenvalue weighted by atomic mass is 10.1. The average molecular weight is 326 g/mol. The number of nitrogens with one attached hydrogen (secondary N) is 2. The van der Waals surface area contributed by atoms with Crippen molar-refractivity contribution in [3.8, 4) is 0 Å². The Morgan fingerprint density at radius 3 is 2.48 bits per heavy atom. The van der Waals surface area contributed by atoms with E-state index < -0.39 is 11.8 Å². The Kier molecular flexibility index (Phi) is 3.86. The quantitative estimate of drug-likeness (QED) is 0.493. The monoisotopic (exact) mass is 326 g/mol. The highest BCUT2D eigenvalue weighted by molar-refractivity contribution is 7.80. The standard InChI is InChI=1S/C16H10N2O4S/c19-13-9(8-22-12-7-2-1-5-10(12)13)4-3-6-11-14(20)17-16(23)18-15(11)21/h1-8H,(H2,17,18,20,21,23). The van der Waals surface area contributed by atoms with Gasteiger partial charge in [0, 0.05) is 0 Å². The first kappa shape index (κ1) is 14.9. The normalized spacial score (nSPS) is 15.0. The maximum absolute atomic E-state index is 12.3. The molecule has 1 aromatic carbocycles. The SMILES string of the molecule is O=C1NC(=S)NC(=O)C1=CC=Cc1coc2ccccc2c1=O. The van der Waals surface area contributed by atoms with Crippen molar-refractivity contribution in [1.82, 2.24) is 10.6 Å². The van der Waals surface area contributed by atoms with E-state index in [1.165, 1.54) is 24.5 Å². The van der Waals surface area contributed by atoms with Gasteiger partial charge in [0.2, 0.25) is 0 Å². The molecule has 1 aliphatic rings. The fraction of sp³-hybridized carbons (Fsp3) is 0. The van der Waals surface area contributed by atoms with Gasteiger partial charge in [-0.3, -0.25) is 25.0 Å². The van der Waals surface area contributed by atoms with Crippen LogP contribution in [0.15, 0.2) is 57.5 Å². The summed E-state index contributed by atoms with van der Waals surface area (Å²) in [6.45, 7) is 0. The van der Waals surface area contributed by atoms with Crippen molar-refractivity contribution in [2.75, 3.05) is 0 Å². The van der Waals surface area contributed by atoms with Gasteiger partial charge in [-0.25, -0.2) is 0 Å². The molecule has 114 valence electrons. The minimum Gasteiger partial charge on any atom is -0.463 e. The van der Waals surface area contributed by atoms with Crippen molar-refractivity contribution in [1.29, 1.82) is 0 Å². The molecule has 0 atom stereocenters. The van der Waals surface area contributed by atoms with Crippen LogP contribution in [0.1, 0.15) is 5.56 Å². The largest absolute Gasteiger partial charge is 0.463 e. The van der Waals surface area contributed by atoms with Crippen LogP contribution in [0.2, 0.25) is 0 Å². The second kappa shape index (κ2) is 5.98. The third kappa shape index (κ3) is 2.95. The number of rotatable bonds is 2. The maximum atomic E-state index is 12.3. The van der Waals surface area contributed by atoms with Gasteiger partial charge >= 0.3 is 0 Å². The summed E-state index contributed by atoms with van der Waals surface area (Å²) in [6.07, 6.45) is 5.54. The summed E-state index contributed by atoms with van der Waals surface area (Å²) in [5.41, 5.74) is 0.514. The lowest BCUT2D eigenvalue weighted by Gasteiger charge is -2.15. The van der Waals surface area contributed by atoms with Crippen molar-refractivity contribution in [2.45, 2.75) is 0 Å². The minimum absolute atomic E-state index is 0.0312. The molecule has 2 amide bonds. The molecule has 0 aliphatic carbocycles. The van der Waals surface area contributed by atoms with Gasteiger partial charge in [0.05, 0.1) is 10.9 Å². The third-order valence-electron chi connectivity index (χ3n) is 3.19. The summed E-state index contributed by atoms with van der Waals surface area (Å²) in [4.78, 5) is 35.6. The number of para-hydroxylation sites is 1. The lowest BCUT2D eigenvalue weighted by Crippen LogP contribution is -2.51. The Labute approximate surface area is 135 Å². The van der Waals surface area contributed by atoms with Crippen LogP contribution < -0.4 is 16.1 Å². The van der Waals surface area contributed by atoms with Gasteiger partial charge < -0.3 is 4.42 Å². The Morgan fingerprint density at radius 1 is 1.04 bits per heavy atom. The molecule has 6 nitrogen and oxygen atoms in total. The van der Waals surface area contributed by atoms with E-state index in [-0.39, 0.29) is 16.1 Å². The van der Waals surface area contributed by atoms with Crippen LogP contribution in [0, 0.1) is 0 Å². The van der Waals surface area contributed by atoms with E-state index in [2.05, 4.69) is 10.6 Å². The van der Waals surface area contributed by atoms with Gasteiger partial charge in [-0.05, 0) is 36.5 Å². The first-order valence-corrected chi connectivity index (χ1v) is 7.02. The molecule has 0 saturated carbocycles. The fourth-order valence-corrected chi connectivity index (χ4v) is 2.27. The second-order valence-corrected chi connectivity index (χ2v) is 5.10. The third-order valence-corrected chi connectivity index (χ3v) is 3.39. The molecular formula is C16H10N2O4S. The fourth-order valence-electron chi connectivity index (χ4n) is 2.08. The lowest BCUT2D eigenvalue weighted by molar-refractivity contribution is -0.123. The van der Waals surface area contributed by atoms with Gasteiger partial charge in [-0.15, -0.1) is 0 Å². The number of hydrogen-bond acceptors (Lipinski definition) is 5. The second-order valence-electron chi connectivity index (χ2n) is 4.69. The predicted octanol–water partition coefficient (Wildman–Crippen LogP) is 1.26. The zero-order valence-corrected chi connectivity index (χ0v) is 12.5. The molecule has 2 N–H and O–H groups in total. The zero-order valence-electron chi connectivity index (χ0n) is 11.7. The van der Waals surface area contributed by atoms with Gasteiger partial charge in [0.1, 0.15) is 17.4 Å². The number of fused-ring (bicyclic) bond motifs is 1. The summed E-state index contributed by atoms with van der Waals surface area (Å²) in [5, 5.41) is 5.07. The highest BCUT2D eigenvalue weighted by Crippen LogP contribution is 2.11. The molecule has 1 aliphatic heterocycles. The highest BCUT2D eigenvalue weighted by atomic mass is 32.1.